The Morgan fingerprint density at radius 3 is 2.69 bits per heavy atom. The third-order valence-corrected chi connectivity index (χ3v) is 4.65. The predicted octanol–water partition coefficient (Wildman–Crippen LogP) is 1.84. The zero-order chi connectivity index (χ0) is 19.1. The van der Waals surface area contributed by atoms with Gasteiger partial charge in [0.1, 0.15) is 0 Å². The Labute approximate surface area is 157 Å². The molecule has 1 saturated heterocycles. The predicted molar refractivity (Wildman–Crippen MR) is 103 cm³/mol. The Bertz CT molecular complexity index is 410. The summed E-state index contributed by atoms with van der Waals surface area (Å²) in [6.07, 6.45) is 6.24. The van der Waals surface area contributed by atoms with Gasteiger partial charge in [-0.25, -0.2) is 0 Å². The molecule has 1 rings (SSSR count). The van der Waals surface area contributed by atoms with Crippen molar-refractivity contribution in [2.24, 2.45) is 10.4 Å². The Morgan fingerprint density at radius 1 is 1.23 bits per heavy atom. The lowest BCUT2D eigenvalue weighted by molar-refractivity contribution is -0.143. The monoisotopic (exact) mass is 371 g/mol. The van der Waals surface area contributed by atoms with Gasteiger partial charge >= 0.3 is 5.97 Å². The van der Waals surface area contributed by atoms with E-state index >= 15 is 0 Å². The number of aliphatic hydroxyl groups excluding tert-OH is 1. The number of rotatable bonds is 13. The van der Waals surface area contributed by atoms with Gasteiger partial charge in [0.25, 0.3) is 0 Å². The molecule has 0 aromatic heterocycles. The number of carbonyl (C=O) groups excluding carboxylic acids is 1. The number of nitrogens with zero attached hydrogens (tertiary/aromatic N) is 1. The lowest BCUT2D eigenvalue weighted by Gasteiger charge is -2.24. The number of carbonyl (C=O) groups is 1. The van der Waals surface area contributed by atoms with Crippen molar-refractivity contribution in [2.75, 3.05) is 46.1 Å². The molecule has 1 aliphatic rings. The summed E-state index contributed by atoms with van der Waals surface area (Å²) in [6, 6.07) is 0. The average Bonchev–Trinajstić information content (AvgIpc) is 3.08. The highest BCUT2D eigenvalue weighted by Crippen LogP contribution is 2.32. The molecule has 0 bridgehead atoms. The van der Waals surface area contributed by atoms with Crippen LogP contribution in [0.15, 0.2) is 4.99 Å². The minimum absolute atomic E-state index is 0.0236. The third-order valence-electron chi connectivity index (χ3n) is 4.65. The zero-order valence-electron chi connectivity index (χ0n) is 16.5. The summed E-state index contributed by atoms with van der Waals surface area (Å²) in [4.78, 5) is 16.0. The number of hydrogen-bond donors (Lipinski definition) is 3. The molecule has 1 atom stereocenters. The van der Waals surface area contributed by atoms with E-state index in [2.05, 4.69) is 17.6 Å². The Kier molecular flexibility index (Phi) is 12.1. The smallest absolute Gasteiger partial charge is 0.305 e. The van der Waals surface area contributed by atoms with Crippen LogP contribution in [0, 0.1) is 5.41 Å². The number of hydrogen-bond acceptors (Lipinski definition) is 5. The second kappa shape index (κ2) is 13.8. The van der Waals surface area contributed by atoms with Crippen molar-refractivity contribution in [3.8, 4) is 0 Å². The maximum Gasteiger partial charge on any atom is 0.305 e. The van der Waals surface area contributed by atoms with Crippen LogP contribution in [0.3, 0.4) is 0 Å². The second-order valence-corrected chi connectivity index (χ2v) is 6.87. The zero-order valence-corrected chi connectivity index (χ0v) is 16.5. The Hall–Kier alpha value is -1.34. The number of ether oxygens (including phenoxy) is 2. The molecule has 0 radical (unpaired) electrons. The topological polar surface area (TPSA) is 92.2 Å². The lowest BCUT2D eigenvalue weighted by atomic mass is 9.84. The minimum atomic E-state index is -0.0973. The standard InChI is InChI=1S/C19H37N3O4/c1-3-20-18(22-15-19(10-13-23)11-14-25-16-19)21-12-8-6-5-7-9-17(24)26-4-2/h23H,3-16H2,1-2H3,(H2,20,21,22). The molecule has 152 valence electrons. The van der Waals surface area contributed by atoms with Crippen LogP contribution in [-0.4, -0.2) is 63.1 Å². The highest BCUT2D eigenvalue weighted by Gasteiger charge is 2.34. The van der Waals surface area contributed by atoms with Crippen LogP contribution in [0.25, 0.3) is 0 Å². The van der Waals surface area contributed by atoms with E-state index in [1.54, 1.807) is 0 Å². The van der Waals surface area contributed by atoms with Gasteiger partial charge in [0.05, 0.1) is 19.8 Å². The van der Waals surface area contributed by atoms with Crippen LogP contribution < -0.4 is 10.6 Å². The molecule has 26 heavy (non-hydrogen) atoms. The van der Waals surface area contributed by atoms with E-state index in [9.17, 15) is 9.90 Å². The number of aliphatic imine (C=N–C) groups is 1. The SMILES string of the molecule is CCNC(=NCC1(CCO)CCOC1)NCCCCCCC(=O)OCC. The first-order valence-electron chi connectivity index (χ1n) is 10.0. The summed E-state index contributed by atoms with van der Waals surface area (Å²) >= 11 is 0. The quantitative estimate of drug-likeness (QED) is 0.198. The number of guanidine groups is 1. The Balaban J connectivity index is 2.24. The van der Waals surface area contributed by atoms with Crippen molar-refractivity contribution in [1.29, 1.82) is 0 Å². The summed E-state index contributed by atoms with van der Waals surface area (Å²) in [7, 11) is 0. The molecule has 0 aromatic rings. The Morgan fingerprint density at radius 2 is 2.04 bits per heavy atom. The highest BCUT2D eigenvalue weighted by atomic mass is 16.5. The third kappa shape index (κ3) is 9.38. The fourth-order valence-corrected chi connectivity index (χ4v) is 3.06. The van der Waals surface area contributed by atoms with Crippen LogP contribution in [-0.2, 0) is 14.3 Å². The fourth-order valence-electron chi connectivity index (χ4n) is 3.06. The molecule has 1 aliphatic heterocycles. The maximum atomic E-state index is 11.3. The molecular weight excluding hydrogens is 334 g/mol. The van der Waals surface area contributed by atoms with E-state index in [1.165, 1.54) is 0 Å². The van der Waals surface area contributed by atoms with Crippen molar-refractivity contribution >= 4 is 11.9 Å². The van der Waals surface area contributed by atoms with E-state index in [0.717, 1.165) is 64.2 Å². The normalized spacial score (nSPS) is 20.2. The lowest BCUT2D eigenvalue weighted by Crippen LogP contribution is -2.39. The van der Waals surface area contributed by atoms with Gasteiger partial charge in [0, 0.05) is 38.1 Å². The van der Waals surface area contributed by atoms with Crippen LogP contribution >= 0.6 is 0 Å². The largest absolute Gasteiger partial charge is 0.466 e. The first kappa shape index (κ1) is 22.7. The molecule has 1 heterocycles. The minimum Gasteiger partial charge on any atom is -0.466 e. The van der Waals surface area contributed by atoms with Crippen molar-refractivity contribution in [2.45, 2.75) is 58.8 Å². The maximum absolute atomic E-state index is 11.3. The van der Waals surface area contributed by atoms with E-state index in [1.807, 2.05) is 6.92 Å². The number of nitrogens with one attached hydrogen (secondary N) is 2. The van der Waals surface area contributed by atoms with Crippen molar-refractivity contribution in [3.63, 3.8) is 0 Å². The van der Waals surface area contributed by atoms with E-state index < -0.39 is 0 Å². The van der Waals surface area contributed by atoms with Gasteiger partial charge in [0.15, 0.2) is 5.96 Å². The average molecular weight is 372 g/mol. The van der Waals surface area contributed by atoms with E-state index in [4.69, 9.17) is 14.5 Å². The van der Waals surface area contributed by atoms with Crippen molar-refractivity contribution in [1.82, 2.24) is 10.6 Å². The first-order chi connectivity index (χ1) is 12.7. The van der Waals surface area contributed by atoms with Gasteiger partial charge in [-0.3, -0.25) is 9.79 Å². The van der Waals surface area contributed by atoms with E-state index in [0.29, 0.717) is 26.2 Å². The van der Waals surface area contributed by atoms with Crippen molar-refractivity contribution in [3.05, 3.63) is 0 Å². The summed E-state index contributed by atoms with van der Waals surface area (Å²) < 4.78 is 10.4. The van der Waals surface area contributed by atoms with Gasteiger partial charge in [0.2, 0.25) is 0 Å². The van der Waals surface area contributed by atoms with Crippen LogP contribution in [0.1, 0.15) is 58.8 Å². The summed E-state index contributed by atoms with van der Waals surface area (Å²) in [6.45, 7) is 8.29. The van der Waals surface area contributed by atoms with Crippen molar-refractivity contribution < 1.29 is 19.4 Å². The molecule has 0 amide bonds. The molecular formula is C19H37N3O4. The molecule has 7 heteroatoms. The van der Waals surface area contributed by atoms with Crippen LogP contribution in [0.4, 0.5) is 0 Å². The van der Waals surface area contributed by atoms with Gasteiger partial charge in [-0.15, -0.1) is 0 Å². The van der Waals surface area contributed by atoms with Gasteiger partial charge in [-0.2, -0.15) is 0 Å². The molecule has 3 N–H and O–H groups in total. The van der Waals surface area contributed by atoms with Crippen LogP contribution in [0.2, 0.25) is 0 Å². The highest BCUT2D eigenvalue weighted by molar-refractivity contribution is 5.79. The molecule has 1 fully saturated rings. The van der Waals surface area contributed by atoms with Gasteiger partial charge in [-0.05, 0) is 39.5 Å². The van der Waals surface area contributed by atoms with E-state index in [-0.39, 0.29) is 18.0 Å². The molecule has 0 aromatic carbocycles. The second-order valence-electron chi connectivity index (χ2n) is 6.87. The van der Waals surface area contributed by atoms with Crippen LogP contribution in [0.5, 0.6) is 0 Å². The molecule has 0 aliphatic carbocycles. The summed E-state index contributed by atoms with van der Waals surface area (Å²) in [5.74, 6) is 0.725. The fraction of sp³-hybridized carbons (Fsp3) is 0.895. The molecule has 1 unspecified atom stereocenters. The summed E-state index contributed by atoms with van der Waals surface area (Å²) in [5.41, 5.74) is -0.0236. The van der Waals surface area contributed by atoms with Gasteiger partial charge in [-0.1, -0.05) is 12.8 Å². The number of unbranched alkanes of at least 4 members (excludes halogenated alkanes) is 3. The molecule has 0 saturated carbocycles. The molecule has 0 spiro atoms. The number of esters is 1. The molecule has 7 nitrogen and oxygen atoms in total. The number of aliphatic hydroxyl groups is 1. The first-order valence-corrected chi connectivity index (χ1v) is 10.0. The summed E-state index contributed by atoms with van der Waals surface area (Å²) in [5, 5.41) is 15.9. The van der Waals surface area contributed by atoms with Gasteiger partial charge < -0.3 is 25.2 Å².